The molecule has 20 heavy (non-hydrogen) atoms. The van der Waals surface area contributed by atoms with Gasteiger partial charge in [0.15, 0.2) is 11.5 Å². The monoisotopic (exact) mass is 281 g/mol. The summed E-state index contributed by atoms with van der Waals surface area (Å²) in [4.78, 5) is 0. The Labute approximate surface area is 119 Å². The highest BCUT2D eigenvalue weighted by Crippen LogP contribution is 2.32. The van der Waals surface area contributed by atoms with E-state index in [1.807, 2.05) is 25.1 Å². The summed E-state index contributed by atoms with van der Waals surface area (Å²) in [5.74, 6) is 1.41. The Bertz CT molecular complexity index is 436. The van der Waals surface area contributed by atoms with E-state index in [0.717, 1.165) is 11.3 Å². The topological polar surface area (TPSA) is 71.0 Å². The number of aliphatic hydroxyl groups is 2. The van der Waals surface area contributed by atoms with Gasteiger partial charge in [0.1, 0.15) is 13.2 Å². The van der Waals surface area contributed by atoms with Crippen molar-refractivity contribution in [3.05, 3.63) is 23.8 Å². The number of aliphatic hydroxyl groups excluding tert-OH is 2. The second-order valence-electron chi connectivity index (χ2n) is 5.31. The Hall–Kier alpha value is -1.30. The van der Waals surface area contributed by atoms with Crippen molar-refractivity contribution in [2.24, 2.45) is 0 Å². The first-order chi connectivity index (χ1) is 9.56. The molecule has 1 aliphatic heterocycles. The maximum Gasteiger partial charge on any atom is 0.161 e. The van der Waals surface area contributed by atoms with Gasteiger partial charge in [-0.05, 0) is 38.0 Å². The van der Waals surface area contributed by atoms with Crippen LogP contribution in [0.5, 0.6) is 11.5 Å². The Kier molecular flexibility index (Phi) is 5.23. The van der Waals surface area contributed by atoms with E-state index in [4.69, 9.17) is 9.47 Å². The minimum Gasteiger partial charge on any atom is -0.486 e. The van der Waals surface area contributed by atoms with Crippen molar-refractivity contribution in [3.8, 4) is 11.5 Å². The molecule has 0 bridgehead atoms. The van der Waals surface area contributed by atoms with E-state index in [1.165, 1.54) is 0 Å². The molecule has 0 fully saturated rings. The van der Waals surface area contributed by atoms with Gasteiger partial charge >= 0.3 is 0 Å². The normalized spacial score (nSPS) is 18.4. The number of rotatable bonds is 6. The summed E-state index contributed by atoms with van der Waals surface area (Å²) in [6.45, 7) is 5.29. The van der Waals surface area contributed by atoms with Gasteiger partial charge in [-0.1, -0.05) is 6.07 Å². The molecule has 1 aromatic carbocycles. The highest BCUT2D eigenvalue weighted by molar-refractivity contribution is 5.44. The van der Waals surface area contributed by atoms with Crippen molar-refractivity contribution >= 4 is 0 Å². The highest BCUT2D eigenvalue weighted by Gasteiger charge is 2.16. The molecule has 1 aromatic rings. The first-order valence-electron chi connectivity index (χ1n) is 7.05. The molecule has 0 saturated heterocycles. The molecule has 1 aliphatic rings. The third-order valence-corrected chi connectivity index (χ3v) is 3.31. The van der Waals surface area contributed by atoms with Crippen molar-refractivity contribution in [2.75, 3.05) is 19.8 Å². The maximum atomic E-state index is 10.2. The first-order valence-corrected chi connectivity index (χ1v) is 7.05. The third kappa shape index (κ3) is 4.10. The van der Waals surface area contributed by atoms with Crippen LogP contribution in [0.4, 0.5) is 0 Å². The largest absolute Gasteiger partial charge is 0.486 e. The van der Waals surface area contributed by atoms with Crippen LogP contribution < -0.4 is 14.8 Å². The van der Waals surface area contributed by atoms with E-state index in [1.54, 1.807) is 6.92 Å². The number of hydrogen-bond acceptors (Lipinski definition) is 5. The Morgan fingerprint density at radius 2 is 1.85 bits per heavy atom. The van der Waals surface area contributed by atoms with Crippen LogP contribution in [0.2, 0.25) is 0 Å². The number of hydrogen-bond donors (Lipinski definition) is 3. The van der Waals surface area contributed by atoms with Gasteiger partial charge in [-0.15, -0.1) is 0 Å². The molecule has 0 aliphatic carbocycles. The van der Waals surface area contributed by atoms with Gasteiger partial charge in [0.05, 0.1) is 12.2 Å². The number of nitrogens with one attached hydrogen (secondary N) is 1. The van der Waals surface area contributed by atoms with E-state index in [9.17, 15) is 10.2 Å². The van der Waals surface area contributed by atoms with Crippen LogP contribution in [0, 0.1) is 0 Å². The molecular formula is C15H23NO4. The Balaban J connectivity index is 1.90. The number of ether oxygens (including phenoxy) is 2. The third-order valence-electron chi connectivity index (χ3n) is 3.31. The van der Waals surface area contributed by atoms with Gasteiger partial charge in [0.25, 0.3) is 0 Å². The lowest BCUT2D eigenvalue weighted by atomic mass is 10.1. The fourth-order valence-electron chi connectivity index (χ4n) is 2.29. The molecule has 5 heteroatoms. The van der Waals surface area contributed by atoms with E-state index < -0.39 is 6.10 Å². The van der Waals surface area contributed by atoms with Crippen molar-refractivity contribution in [1.82, 2.24) is 5.32 Å². The molecule has 0 radical (unpaired) electrons. The van der Waals surface area contributed by atoms with Crippen LogP contribution in [0.15, 0.2) is 18.2 Å². The van der Waals surface area contributed by atoms with E-state index in [2.05, 4.69) is 5.32 Å². The van der Waals surface area contributed by atoms with Gasteiger partial charge in [-0.2, -0.15) is 0 Å². The van der Waals surface area contributed by atoms with Crippen LogP contribution in [-0.2, 0) is 0 Å². The minimum absolute atomic E-state index is 0.155. The zero-order chi connectivity index (χ0) is 14.5. The van der Waals surface area contributed by atoms with Crippen LogP contribution in [-0.4, -0.2) is 42.1 Å². The zero-order valence-corrected chi connectivity index (χ0v) is 12.0. The summed E-state index contributed by atoms with van der Waals surface area (Å²) in [6, 6.07) is 5.65. The molecule has 2 rings (SSSR count). The molecule has 0 aromatic heterocycles. The molecular weight excluding hydrogens is 258 g/mol. The molecule has 0 spiro atoms. The highest BCUT2D eigenvalue weighted by atomic mass is 16.6. The van der Waals surface area contributed by atoms with E-state index >= 15 is 0 Å². The number of fused-ring (bicyclic) bond motifs is 1. The predicted molar refractivity (Wildman–Crippen MR) is 76.2 cm³/mol. The van der Waals surface area contributed by atoms with Crippen molar-refractivity contribution in [3.63, 3.8) is 0 Å². The van der Waals surface area contributed by atoms with Crippen LogP contribution in [0.25, 0.3) is 0 Å². The van der Waals surface area contributed by atoms with Crippen LogP contribution in [0.1, 0.15) is 31.9 Å². The second kappa shape index (κ2) is 6.92. The number of benzene rings is 1. The maximum absolute atomic E-state index is 10.2. The molecule has 0 amide bonds. The summed E-state index contributed by atoms with van der Waals surface area (Å²) < 4.78 is 11.0. The van der Waals surface area contributed by atoms with E-state index in [-0.39, 0.29) is 12.1 Å². The quantitative estimate of drug-likeness (QED) is 0.732. The second-order valence-corrected chi connectivity index (χ2v) is 5.31. The van der Waals surface area contributed by atoms with Crippen LogP contribution in [0.3, 0.4) is 0 Å². The summed E-state index contributed by atoms with van der Waals surface area (Å²) >= 11 is 0. The van der Waals surface area contributed by atoms with Crippen molar-refractivity contribution < 1.29 is 19.7 Å². The fourth-order valence-corrected chi connectivity index (χ4v) is 2.29. The lowest BCUT2D eigenvalue weighted by Gasteiger charge is -2.21. The smallest absolute Gasteiger partial charge is 0.161 e. The van der Waals surface area contributed by atoms with Gasteiger partial charge in [0, 0.05) is 12.6 Å². The molecule has 5 nitrogen and oxygen atoms in total. The van der Waals surface area contributed by atoms with Crippen molar-refractivity contribution in [1.29, 1.82) is 0 Å². The molecule has 3 atom stereocenters. The van der Waals surface area contributed by atoms with Crippen LogP contribution >= 0.6 is 0 Å². The van der Waals surface area contributed by atoms with Gasteiger partial charge in [-0.25, -0.2) is 0 Å². The average molecular weight is 281 g/mol. The molecule has 1 heterocycles. The lowest BCUT2D eigenvalue weighted by molar-refractivity contribution is 0.147. The SMILES string of the molecule is CC(O)CC(C)NCC(O)c1ccc2c(c1)OCCO2. The first kappa shape index (κ1) is 15.1. The Morgan fingerprint density at radius 3 is 2.55 bits per heavy atom. The average Bonchev–Trinajstić information content (AvgIpc) is 2.43. The lowest BCUT2D eigenvalue weighted by Crippen LogP contribution is -2.32. The fraction of sp³-hybridized carbons (Fsp3) is 0.600. The van der Waals surface area contributed by atoms with Gasteiger partial charge in [-0.3, -0.25) is 0 Å². The Morgan fingerprint density at radius 1 is 1.15 bits per heavy atom. The van der Waals surface area contributed by atoms with Crippen molar-refractivity contribution in [2.45, 2.75) is 38.5 Å². The summed E-state index contributed by atoms with van der Waals surface area (Å²) in [5.41, 5.74) is 0.797. The zero-order valence-electron chi connectivity index (χ0n) is 12.0. The van der Waals surface area contributed by atoms with Gasteiger partial charge < -0.3 is 25.0 Å². The summed E-state index contributed by atoms with van der Waals surface area (Å²) in [6.07, 6.45) is -0.292. The standard InChI is InChI=1S/C15H23NO4/c1-10(7-11(2)17)16-9-13(18)12-3-4-14-15(8-12)20-6-5-19-14/h3-4,8,10-11,13,16-18H,5-7,9H2,1-2H3. The molecule has 3 N–H and O–H groups in total. The van der Waals surface area contributed by atoms with E-state index in [0.29, 0.717) is 31.9 Å². The molecule has 3 unspecified atom stereocenters. The summed E-state index contributed by atoms with van der Waals surface area (Å²) in [7, 11) is 0. The molecule has 112 valence electrons. The molecule has 0 saturated carbocycles. The summed E-state index contributed by atoms with van der Waals surface area (Å²) in [5, 5.41) is 22.7. The van der Waals surface area contributed by atoms with Gasteiger partial charge in [0.2, 0.25) is 0 Å². The minimum atomic E-state index is -0.609. The predicted octanol–water partition coefficient (Wildman–Crippen LogP) is 1.24.